The molecule has 0 fully saturated rings. The van der Waals surface area contributed by atoms with Gasteiger partial charge in [-0.1, -0.05) is 12.1 Å². The van der Waals surface area contributed by atoms with E-state index in [1.54, 1.807) is 24.3 Å². The average molecular weight is 290 g/mol. The van der Waals surface area contributed by atoms with Crippen molar-refractivity contribution in [2.75, 3.05) is 6.61 Å². The molecule has 0 spiro atoms. The van der Waals surface area contributed by atoms with E-state index >= 15 is 0 Å². The normalized spacial score (nSPS) is 12.9. The number of alkyl halides is 2. The first-order valence-corrected chi connectivity index (χ1v) is 6.49. The highest BCUT2D eigenvalue weighted by molar-refractivity contribution is 6.09. The van der Waals surface area contributed by atoms with Gasteiger partial charge in [0.15, 0.2) is 5.78 Å². The second kappa shape index (κ2) is 5.52. The quantitative estimate of drug-likeness (QED) is 0.809. The van der Waals surface area contributed by atoms with E-state index in [1.165, 1.54) is 18.2 Å². The topological polar surface area (TPSA) is 35.5 Å². The molecule has 5 heteroatoms. The molecule has 108 valence electrons. The van der Waals surface area contributed by atoms with Gasteiger partial charge in [0, 0.05) is 17.5 Å². The van der Waals surface area contributed by atoms with E-state index in [-0.39, 0.29) is 11.5 Å². The van der Waals surface area contributed by atoms with Gasteiger partial charge in [0.2, 0.25) is 0 Å². The fourth-order valence-electron chi connectivity index (χ4n) is 2.31. The minimum absolute atomic E-state index is 0.0275. The molecular formula is C16H12F2O3. The first kappa shape index (κ1) is 13.5. The lowest BCUT2D eigenvalue weighted by atomic mass is 10.0. The standard InChI is InChI=1S/C16H12F2O3/c17-16(18)21-13-3-1-2-11(9-13)15(19)12-4-5-14-10(8-12)6-7-20-14/h1-5,8-9,16H,6-7H2. The van der Waals surface area contributed by atoms with Gasteiger partial charge in [-0.15, -0.1) is 0 Å². The molecule has 0 N–H and O–H groups in total. The highest BCUT2D eigenvalue weighted by atomic mass is 19.3. The Bertz CT molecular complexity index is 683. The largest absolute Gasteiger partial charge is 0.493 e. The van der Waals surface area contributed by atoms with Gasteiger partial charge in [-0.2, -0.15) is 8.78 Å². The number of carbonyl (C=O) groups is 1. The number of ether oxygens (including phenoxy) is 2. The van der Waals surface area contributed by atoms with Crippen LogP contribution in [0.4, 0.5) is 8.78 Å². The van der Waals surface area contributed by atoms with Crippen molar-refractivity contribution in [1.29, 1.82) is 0 Å². The van der Waals surface area contributed by atoms with Crippen LogP contribution < -0.4 is 9.47 Å². The lowest BCUT2D eigenvalue weighted by Crippen LogP contribution is -2.05. The van der Waals surface area contributed by atoms with Crippen molar-refractivity contribution in [2.45, 2.75) is 13.0 Å². The Labute approximate surface area is 120 Å². The molecule has 1 aliphatic heterocycles. The fraction of sp³-hybridized carbons (Fsp3) is 0.188. The third-order valence-corrected chi connectivity index (χ3v) is 3.27. The molecule has 0 saturated heterocycles. The van der Waals surface area contributed by atoms with Crippen LogP contribution in [0.3, 0.4) is 0 Å². The molecule has 0 amide bonds. The number of rotatable bonds is 4. The SMILES string of the molecule is O=C(c1cccc(OC(F)F)c1)c1ccc2c(c1)CCO2. The number of halogens is 2. The molecule has 0 aliphatic carbocycles. The number of benzene rings is 2. The van der Waals surface area contributed by atoms with E-state index in [4.69, 9.17) is 4.74 Å². The van der Waals surface area contributed by atoms with Gasteiger partial charge < -0.3 is 9.47 Å². The Balaban J connectivity index is 1.88. The number of fused-ring (bicyclic) bond motifs is 1. The summed E-state index contributed by atoms with van der Waals surface area (Å²) in [6.45, 7) is -2.29. The molecule has 2 aromatic carbocycles. The van der Waals surface area contributed by atoms with Crippen molar-refractivity contribution >= 4 is 5.78 Å². The minimum atomic E-state index is -2.91. The van der Waals surface area contributed by atoms with Gasteiger partial charge in [0.25, 0.3) is 0 Å². The number of hydrogen-bond donors (Lipinski definition) is 0. The molecule has 3 nitrogen and oxygen atoms in total. The lowest BCUT2D eigenvalue weighted by molar-refractivity contribution is -0.0498. The summed E-state index contributed by atoms with van der Waals surface area (Å²) in [4.78, 5) is 12.4. The average Bonchev–Trinajstić information content (AvgIpc) is 2.93. The van der Waals surface area contributed by atoms with Crippen LogP contribution in [0.5, 0.6) is 11.5 Å². The van der Waals surface area contributed by atoms with E-state index in [1.807, 2.05) is 0 Å². The Morgan fingerprint density at radius 1 is 1.14 bits per heavy atom. The molecule has 0 radical (unpaired) electrons. The summed E-state index contributed by atoms with van der Waals surface area (Å²) < 4.78 is 34.1. The maximum Gasteiger partial charge on any atom is 0.387 e. The summed E-state index contributed by atoms with van der Waals surface area (Å²) in [5.74, 6) is 0.533. The molecule has 0 saturated carbocycles. The van der Waals surface area contributed by atoms with Gasteiger partial charge in [-0.05, 0) is 35.9 Å². The van der Waals surface area contributed by atoms with Crippen molar-refractivity contribution in [3.05, 3.63) is 59.2 Å². The molecule has 3 rings (SSSR count). The summed E-state index contributed by atoms with van der Waals surface area (Å²) >= 11 is 0. The number of hydrogen-bond acceptors (Lipinski definition) is 3. The second-order valence-electron chi connectivity index (χ2n) is 4.66. The van der Waals surface area contributed by atoms with Gasteiger partial charge >= 0.3 is 6.61 Å². The minimum Gasteiger partial charge on any atom is -0.493 e. The third kappa shape index (κ3) is 2.86. The predicted octanol–water partition coefficient (Wildman–Crippen LogP) is 3.45. The van der Waals surface area contributed by atoms with E-state index in [0.717, 1.165) is 17.7 Å². The molecule has 2 aromatic rings. The molecular weight excluding hydrogens is 278 g/mol. The summed E-state index contributed by atoms with van der Waals surface area (Å²) in [5, 5.41) is 0. The lowest BCUT2D eigenvalue weighted by Gasteiger charge is -2.07. The molecule has 0 bridgehead atoms. The van der Waals surface area contributed by atoms with Crippen LogP contribution in [-0.4, -0.2) is 19.0 Å². The van der Waals surface area contributed by atoms with Crippen LogP contribution in [0.2, 0.25) is 0 Å². The molecule has 1 aliphatic rings. The van der Waals surface area contributed by atoms with Gasteiger partial charge in [-0.25, -0.2) is 0 Å². The summed E-state index contributed by atoms with van der Waals surface area (Å²) in [6, 6.07) is 11.0. The second-order valence-corrected chi connectivity index (χ2v) is 4.66. The Kier molecular flexibility index (Phi) is 3.56. The van der Waals surface area contributed by atoms with E-state index in [0.29, 0.717) is 17.7 Å². The van der Waals surface area contributed by atoms with E-state index in [9.17, 15) is 13.6 Å². The zero-order chi connectivity index (χ0) is 14.8. The van der Waals surface area contributed by atoms with Crippen LogP contribution >= 0.6 is 0 Å². The molecule has 0 unspecified atom stereocenters. The molecule has 21 heavy (non-hydrogen) atoms. The van der Waals surface area contributed by atoms with Crippen molar-refractivity contribution in [2.24, 2.45) is 0 Å². The smallest absolute Gasteiger partial charge is 0.387 e. The maximum atomic E-state index is 12.4. The van der Waals surface area contributed by atoms with Gasteiger partial charge in [0.05, 0.1) is 6.61 Å². The first-order chi connectivity index (χ1) is 10.1. The van der Waals surface area contributed by atoms with Crippen LogP contribution in [-0.2, 0) is 6.42 Å². The monoisotopic (exact) mass is 290 g/mol. The summed E-state index contributed by atoms with van der Waals surface area (Å²) in [5.41, 5.74) is 1.81. The molecule has 0 atom stereocenters. The van der Waals surface area contributed by atoms with Crippen molar-refractivity contribution in [3.63, 3.8) is 0 Å². The number of carbonyl (C=O) groups excluding carboxylic acids is 1. The predicted molar refractivity (Wildman–Crippen MR) is 72.1 cm³/mol. The van der Waals surface area contributed by atoms with Crippen LogP contribution in [0.25, 0.3) is 0 Å². The first-order valence-electron chi connectivity index (χ1n) is 6.49. The van der Waals surface area contributed by atoms with Crippen LogP contribution in [0.15, 0.2) is 42.5 Å². The fourth-order valence-corrected chi connectivity index (χ4v) is 2.31. The van der Waals surface area contributed by atoms with Crippen LogP contribution in [0, 0.1) is 0 Å². The van der Waals surface area contributed by atoms with Crippen LogP contribution in [0.1, 0.15) is 21.5 Å². The molecule has 0 aromatic heterocycles. The number of ketones is 1. The van der Waals surface area contributed by atoms with Crippen molar-refractivity contribution < 1.29 is 23.0 Å². The van der Waals surface area contributed by atoms with Gasteiger partial charge in [-0.3, -0.25) is 4.79 Å². The Morgan fingerprint density at radius 2 is 1.95 bits per heavy atom. The van der Waals surface area contributed by atoms with Crippen molar-refractivity contribution in [3.8, 4) is 11.5 Å². The molecule has 1 heterocycles. The third-order valence-electron chi connectivity index (χ3n) is 3.27. The highest BCUT2D eigenvalue weighted by Crippen LogP contribution is 2.27. The van der Waals surface area contributed by atoms with E-state index < -0.39 is 6.61 Å². The Hall–Kier alpha value is -2.43. The van der Waals surface area contributed by atoms with E-state index in [2.05, 4.69) is 4.74 Å². The zero-order valence-corrected chi connectivity index (χ0v) is 11.0. The summed E-state index contributed by atoms with van der Waals surface area (Å²) in [7, 11) is 0. The van der Waals surface area contributed by atoms with Crippen molar-refractivity contribution in [1.82, 2.24) is 0 Å². The maximum absolute atomic E-state index is 12.4. The Morgan fingerprint density at radius 3 is 2.76 bits per heavy atom. The zero-order valence-electron chi connectivity index (χ0n) is 11.0. The summed E-state index contributed by atoms with van der Waals surface area (Å²) in [6.07, 6.45) is 0.769. The van der Waals surface area contributed by atoms with Gasteiger partial charge in [0.1, 0.15) is 11.5 Å². The highest BCUT2D eigenvalue weighted by Gasteiger charge is 2.16.